The second-order valence-electron chi connectivity index (χ2n) is 6.18. The first-order valence-electron chi connectivity index (χ1n) is 8.19. The molecule has 3 heterocycles. The lowest BCUT2D eigenvalue weighted by molar-refractivity contribution is -0.162. The monoisotopic (exact) mass is 438 g/mol. The average molecular weight is 439 g/mol. The molecule has 1 fully saturated rings. The maximum Gasteiger partial charge on any atom is 0.356 e. The van der Waals surface area contributed by atoms with Crippen LogP contribution in [0.1, 0.15) is 18.9 Å². The van der Waals surface area contributed by atoms with Gasteiger partial charge in [-0.25, -0.2) is 9.78 Å². The molecule has 0 saturated carbocycles. The summed E-state index contributed by atoms with van der Waals surface area (Å²) < 4.78 is 5.93. The van der Waals surface area contributed by atoms with Crippen molar-refractivity contribution < 1.29 is 19.4 Å². The number of carbonyl (C=O) groups is 2. The number of halogens is 1. The topological polar surface area (TPSA) is 79.7 Å². The first-order chi connectivity index (χ1) is 12.4. The van der Waals surface area contributed by atoms with Crippen molar-refractivity contribution in [3.8, 4) is 0 Å². The SMILES string of the molecule is C=CCOC(=O)C1=C(SCc2ccc(Br)nc2)C[C@@H]2[C@@H]([C@@H](C)O)C(=O)N12. The van der Waals surface area contributed by atoms with Gasteiger partial charge in [0.1, 0.15) is 16.9 Å². The minimum absolute atomic E-state index is 0.0867. The summed E-state index contributed by atoms with van der Waals surface area (Å²) >= 11 is 4.80. The van der Waals surface area contributed by atoms with E-state index in [4.69, 9.17) is 4.74 Å². The van der Waals surface area contributed by atoms with Crippen LogP contribution in [0.3, 0.4) is 0 Å². The lowest BCUT2D eigenvalue weighted by atomic mass is 9.83. The molecule has 0 unspecified atom stereocenters. The fourth-order valence-electron chi connectivity index (χ4n) is 3.21. The molecule has 0 aliphatic carbocycles. The Bertz CT molecular complexity index is 763. The Labute approximate surface area is 164 Å². The summed E-state index contributed by atoms with van der Waals surface area (Å²) in [5.74, 6) is -0.593. The zero-order chi connectivity index (χ0) is 18.8. The number of aromatic nitrogens is 1. The van der Waals surface area contributed by atoms with Crippen LogP contribution in [-0.4, -0.2) is 45.6 Å². The van der Waals surface area contributed by atoms with E-state index in [1.54, 1.807) is 13.1 Å². The largest absolute Gasteiger partial charge is 0.457 e. The van der Waals surface area contributed by atoms with E-state index in [2.05, 4.69) is 27.5 Å². The Kier molecular flexibility index (Phi) is 5.84. The van der Waals surface area contributed by atoms with Crippen molar-refractivity contribution in [1.82, 2.24) is 9.88 Å². The summed E-state index contributed by atoms with van der Waals surface area (Å²) in [5.41, 5.74) is 1.31. The highest BCUT2D eigenvalue weighted by molar-refractivity contribution is 9.10. The number of aliphatic hydroxyl groups excluding tert-OH is 1. The van der Waals surface area contributed by atoms with Crippen molar-refractivity contribution in [3.63, 3.8) is 0 Å². The van der Waals surface area contributed by atoms with E-state index in [0.717, 1.165) is 15.1 Å². The van der Waals surface area contributed by atoms with Gasteiger partial charge in [-0.05, 0) is 34.5 Å². The molecule has 0 aromatic carbocycles. The maximum absolute atomic E-state index is 12.5. The Morgan fingerprint density at radius 1 is 1.62 bits per heavy atom. The maximum atomic E-state index is 12.5. The highest BCUT2D eigenvalue weighted by Gasteiger charge is 2.56. The van der Waals surface area contributed by atoms with E-state index in [1.807, 2.05) is 12.1 Å². The van der Waals surface area contributed by atoms with Crippen LogP contribution in [0.5, 0.6) is 0 Å². The third kappa shape index (κ3) is 3.58. The van der Waals surface area contributed by atoms with Gasteiger partial charge in [0.2, 0.25) is 5.91 Å². The molecule has 1 N–H and O–H groups in total. The molecule has 1 amide bonds. The van der Waals surface area contributed by atoms with Gasteiger partial charge in [0.05, 0.1) is 18.1 Å². The molecule has 1 aromatic rings. The van der Waals surface area contributed by atoms with Gasteiger partial charge in [-0.3, -0.25) is 4.79 Å². The number of β-lactam (4-membered cyclic amide) rings is 1. The van der Waals surface area contributed by atoms with E-state index >= 15 is 0 Å². The predicted octanol–water partition coefficient (Wildman–Crippen LogP) is 2.63. The molecular weight excluding hydrogens is 420 g/mol. The van der Waals surface area contributed by atoms with Gasteiger partial charge < -0.3 is 14.7 Å². The first kappa shape index (κ1) is 19.1. The van der Waals surface area contributed by atoms with Crippen molar-refractivity contribution in [2.75, 3.05) is 6.61 Å². The van der Waals surface area contributed by atoms with Crippen LogP contribution in [0.4, 0.5) is 0 Å². The third-order valence-corrected chi connectivity index (χ3v) is 6.07. The summed E-state index contributed by atoms with van der Waals surface area (Å²) in [7, 11) is 0. The van der Waals surface area contributed by atoms with Gasteiger partial charge in [0, 0.05) is 23.3 Å². The van der Waals surface area contributed by atoms with Crippen molar-refractivity contribution in [3.05, 3.63) is 51.8 Å². The zero-order valence-corrected chi connectivity index (χ0v) is 16.6. The molecule has 0 bridgehead atoms. The lowest BCUT2D eigenvalue weighted by Crippen LogP contribution is -2.61. The molecule has 26 heavy (non-hydrogen) atoms. The summed E-state index contributed by atoms with van der Waals surface area (Å²) in [6.45, 7) is 5.23. The number of hydrogen-bond donors (Lipinski definition) is 1. The fraction of sp³-hybridized carbons (Fsp3) is 0.389. The van der Waals surface area contributed by atoms with Crippen LogP contribution in [-0.2, 0) is 20.1 Å². The van der Waals surface area contributed by atoms with Crippen molar-refractivity contribution >= 4 is 39.6 Å². The number of hydrogen-bond acceptors (Lipinski definition) is 6. The number of aliphatic hydroxyl groups is 1. The lowest BCUT2D eigenvalue weighted by Gasteiger charge is -2.44. The molecule has 2 aliphatic heterocycles. The number of pyridine rings is 1. The minimum atomic E-state index is -0.741. The molecule has 3 rings (SSSR count). The molecule has 0 spiro atoms. The highest BCUT2D eigenvalue weighted by atomic mass is 79.9. The van der Waals surface area contributed by atoms with Crippen LogP contribution in [0, 0.1) is 5.92 Å². The predicted molar refractivity (Wildman–Crippen MR) is 102 cm³/mol. The normalized spacial score (nSPS) is 22.7. The second kappa shape index (κ2) is 7.94. The van der Waals surface area contributed by atoms with Crippen molar-refractivity contribution in [2.45, 2.75) is 31.2 Å². The fourth-order valence-corrected chi connectivity index (χ4v) is 4.57. The third-order valence-electron chi connectivity index (χ3n) is 4.42. The number of fused-ring (bicyclic) bond motifs is 1. The Morgan fingerprint density at radius 3 is 3.00 bits per heavy atom. The minimum Gasteiger partial charge on any atom is -0.457 e. The van der Waals surface area contributed by atoms with Crippen LogP contribution < -0.4 is 0 Å². The summed E-state index contributed by atoms with van der Waals surface area (Å²) in [6, 6.07) is 3.63. The number of nitrogens with zero attached hydrogens (tertiary/aromatic N) is 2. The van der Waals surface area contributed by atoms with Gasteiger partial charge in [0.25, 0.3) is 0 Å². The number of ether oxygens (including phenoxy) is 1. The summed E-state index contributed by atoms with van der Waals surface area (Å²) in [4.78, 5) is 31.4. The zero-order valence-electron chi connectivity index (χ0n) is 14.2. The number of rotatable bonds is 7. The molecule has 0 radical (unpaired) electrons. The van der Waals surface area contributed by atoms with Crippen LogP contribution >= 0.6 is 27.7 Å². The van der Waals surface area contributed by atoms with Gasteiger partial charge in [-0.2, -0.15) is 0 Å². The van der Waals surface area contributed by atoms with Gasteiger partial charge in [-0.15, -0.1) is 11.8 Å². The molecule has 1 aromatic heterocycles. The number of carbonyl (C=O) groups excluding carboxylic acids is 2. The van der Waals surface area contributed by atoms with E-state index in [-0.39, 0.29) is 18.6 Å². The quantitative estimate of drug-likeness (QED) is 0.305. The Morgan fingerprint density at radius 2 is 2.38 bits per heavy atom. The van der Waals surface area contributed by atoms with E-state index < -0.39 is 18.0 Å². The molecule has 1 saturated heterocycles. The van der Waals surface area contributed by atoms with Crippen molar-refractivity contribution in [1.29, 1.82) is 0 Å². The molecule has 3 atom stereocenters. The Hall–Kier alpha value is -1.64. The van der Waals surface area contributed by atoms with Crippen LogP contribution in [0.15, 0.2) is 46.2 Å². The van der Waals surface area contributed by atoms with E-state index in [9.17, 15) is 14.7 Å². The summed E-state index contributed by atoms with van der Waals surface area (Å²) in [5, 5.41) is 9.86. The smallest absolute Gasteiger partial charge is 0.356 e. The van der Waals surface area contributed by atoms with Crippen molar-refractivity contribution in [2.24, 2.45) is 5.92 Å². The highest BCUT2D eigenvalue weighted by Crippen LogP contribution is 2.47. The number of thioether (sulfide) groups is 1. The number of esters is 1. The van der Waals surface area contributed by atoms with Crippen LogP contribution in [0.25, 0.3) is 0 Å². The summed E-state index contributed by atoms with van der Waals surface area (Å²) in [6.07, 6.45) is 3.06. The van der Waals surface area contributed by atoms with E-state index in [1.165, 1.54) is 22.7 Å². The van der Waals surface area contributed by atoms with Gasteiger partial charge in [0.15, 0.2) is 0 Å². The van der Waals surface area contributed by atoms with E-state index in [0.29, 0.717) is 17.9 Å². The Balaban J connectivity index is 1.80. The molecule has 2 aliphatic rings. The van der Waals surface area contributed by atoms with Gasteiger partial charge in [-0.1, -0.05) is 18.7 Å². The standard InChI is InChI=1S/C18H19BrN2O4S/c1-3-6-25-18(24)16-13(26-9-11-4-5-14(19)20-8-11)7-12-15(10(2)22)17(23)21(12)16/h3-5,8,10,12,15,22H,1,6-7,9H2,2H3/t10-,12-,15-/m1/s1. The molecule has 6 nitrogen and oxygen atoms in total. The van der Waals surface area contributed by atoms with Gasteiger partial charge >= 0.3 is 5.97 Å². The average Bonchev–Trinajstić information content (AvgIpc) is 2.93. The van der Waals surface area contributed by atoms with Crippen LogP contribution in [0.2, 0.25) is 0 Å². The molecule has 8 heteroatoms. The molecule has 138 valence electrons. The first-order valence-corrected chi connectivity index (χ1v) is 9.97. The second-order valence-corrected chi connectivity index (χ2v) is 8.07. The molecular formula is C18H19BrN2O4S. The number of amides is 1.